The van der Waals surface area contributed by atoms with Gasteiger partial charge in [0.2, 0.25) is 5.91 Å². The number of aromatic nitrogens is 4. The summed E-state index contributed by atoms with van der Waals surface area (Å²) in [6.07, 6.45) is 3.81. The second kappa shape index (κ2) is 7.88. The zero-order valence-electron chi connectivity index (χ0n) is 15.9. The van der Waals surface area contributed by atoms with Crippen molar-refractivity contribution >= 4 is 28.7 Å². The number of fused-ring (bicyclic) bond motifs is 1. The second-order valence-corrected chi connectivity index (χ2v) is 7.55. The molecule has 0 aliphatic heterocycles. The van der Waals surface area contributed by atoms with E-state index >= 15 is 0 Å². The third-order valence-electron chi connectivity index (χ3n) is 4.61. The number of carbonyl (C=O) groups excluding carboxylic acids is 1. The van der Waals surface area contributed by atoms with Crippen LogP contribution in [-0.4, -0.2) is 25.3 Å². The van der Waals surface area contributed by atoms with Crippen LogP contribution in [0.3, 0.4) is 0 Å². The number of anilines is 1. The molecule has 0 spiro atoms. The number of nitrogens with one attached hydrogen (secondary N) is 1. The number of carbonyl (C=O) groups is 1. The molecule has 5 rings (SSSR count). The summed E-state index contributed by atoms with van der Waals surface area (Å²) in [5.74, 6) is 0.512. The maximum absolute atomic E-state index is 12.8. The highest BCUT2D eigenvalue weighted by molar-refractivity contribution is 7.13. The van der Waals surface area contributed by atoms with E-state index in [0.29, 0.717) is 11.5 Å². The van der Waals surface area contributed by atoms with Crippen molar-refractivity contribution in [2.45, 2.75) is 6.42 Å². The summed E-state index contributed by atoms with van der Waals surface area (Å²) < 4.78 is 1.89. The Morgan fingerprint density at radius 3 is 2.63 bits per heavy atom. The Balaban J connectivity index is 1.42. The van der Waals surface area contributed by atoms with Crippen molar-refractivity contribution in [1.29, 1.82) is 0 Å². The lowest BCUT2D eigenvalue weighted by atomic mass is 10.1. The Kier molecular flexibility index (Phi) is 4.78. The van der Waals surface area contributed by atoms with Crippen LogP contribution >= 0.6 is 11.3 Å². The van der Waals surface area contributed by atoms with Gasteiger partial charge >= 0.3 is 0 Å². The van der Waals surface area contributed by atoms with Gasteiger partial charge in [-0.3, -0.25) is 14.2 Å². The molecule has 0 aliphatic carbocycles. The summed E-state index contributed by atoms with van der Waals surface area (Å²) in [5.41, 5.74) is 3.98. The van der Waals surface area contributed by atoms with Crippen molar-refractivity contribution in [3.63, 3.8) is 0 Å². The molecule has 0 aliphatic rings. The molecule has 0 radical (unpaired) electrons. The van der Waals surface area contributed by atoms with Crippen molar-refractivity contribution in [1.82, 2.24) is 19.4 Å². The molecule has 4 aromatic heterocycles. The summed E-state index contributed by atoms with van der Waals surface area (Å²) in [7, 11) is 0. The molecule has 0 atom stereocenters. The highest BCUT2D eigenvalue weighted by Gasteiger charge is 2.17. The zero-order valence-corrected chi connectivity index (χ0v) is 16.7. The van der Waals surface area contributed by atoms with E-state index in [1.807, 2.05) is 82.7 Å². The molecule has 1 aromatic carbocycles. The number of thiazole rings is 1. The van der Waals surface area contributed by atoms with E-state index in [1.54, 1.807) is 6.20 Å². The number of hydrogen-bond acceptors (Lipinski definition) is 5. The minimum absolute atomic E-state index is 0.143. The van der Waals surface area contributed by atoms with E-state index in [-0.39, 0.29) is 12.3 Å². The molecule has 0 bridgehead atoms. The Hall–Kier alpha value is -3.84. The maximum Gasteiger partial charge on any atom is 0.231 e. The van der Waals surface area contributed by atoms with Crippen molar-refractivity contribution < 1.29 is 4.79 Å². The van der Waals surface area contributed by atoms with E-state index in [2.05, 4.69) is 15.3 Å². The summed E-state index contributed by atoms with van der Waals surface area (Å²) in [5, 5.41) is 5.74. The van der Waals surface area contributed by atoms with Gasteiger partial charge in [0.05, 0.1) is 17.8 Å². The van der Waals surface area contributed by atoms with Gasteiger partial charge in [-0.15, -0.1) is 11.3 Å². The smallest absolute Gasteiger partial charge is 0.231 e. The standard InChI is InChI=1S/C23H17N5OS/c29-20(14-17-15-30-23(25-17)18-10-4-6-12-24-18)27-22-21(16-8-2-1-3-9-16)26-19-11-5-7-13-28(19)22/h1-13,15H,14H2,(H,27,29). The van der Waals surface area contributed by atoms with Crippen LogP contribution in [0.4, 0.5) is 5.82 Å². The lowest BCUT2D eigenvalue weighted by molar-refractivity contribution is -0.115. The van der Waals surface area contributed by atoms with Crippen LogP contribution in [0.15, 0.2) is 84.5 Å². The van der Waals surface area contributed by atoms with Gasteiger partial charge in [0, 0.05) is 23.3 Å². The largest absolute Gasteiger partial charge is 0.310 e. The second-order valence-electron chi connectivity index (χ2n) is 6.69. The van der Waals surface area contributed by atoms with Gasteiger partial charge in [0.1, 0.15) is 22.2 Å². The third kappa shape index (κ3) is 3.58. The van der Waals surface area contributed by atoms with E-state index in [9.17, 15) is 4.79 Å². The van der Waals surface area contributed by atoms with Gasteiger partial charge in [-0.05, 0) is 24.3 Å². The van der Waals surface area contributed by atoms with Crippen molar-refractivity contribution in [2.24, 2.45) is 0 Å². The number of hydrogen-bond donors (Lipinski definition) is 1. The summed E-state index contributed by atoms with van der Waals surface area (Å²) >= 11 is 1.48. The van der Waals surface area contributed by atoms with Crippen LogP contribution in [0.25, 0.3) is 27.6 Å². The maximum atomic E-state index is 12.8. The van der Waals surface area contributed by atoms with Crippen LogP contribution < -0.4 is 5.32 Å². The van der Waals surface area contributed by atoms with E-state index in [4.69, 9.17) is 4.98 Å². The predicted octanol–water partition coefficient (Wildman–Crippen LogP) is 4.70. The highest BCUT2D eigenvalue weighted by atomic mass is 32.1. The fourth-order valence-corrected chi connectivity index (χ4v) is 4.04. The highest BCUT2D eigenvalue weighted by Crippen LogP contribution is 2.29. The first-order valence-corrected chi connectivity index (χ1v) is 10.3. The average Bonchev–Trinajstić information content (AvgIpc) is 3.40. The van der Waals surface area contributed by atoms with E-state index < -0.39 is 0 Å². The minimum Gasteiger partial charge on any atom is -0.310 e. The van der Waals surface area contributed by atoms with Gasteiger partial charge in [-0.25, -0.2) is 9.97 Å². The monoisotopic (exact) mass is 411 g/mol. The molecule has 4 heterocycles. The van der Waals surface area contributed by atoms with Gasteiger partial charge in [0.25, 0.3) is 0 Å². The molecule has 146 valence electrons. The molecular weight excluding hydrogens is 394 g/mol. The topological polar surface area (TPSA) is 72.2 Å². The van der Waals surface area contributed by atoms with E-state index in [1.165, 1.54) is 11.3 Å². The first kappa shape index (κ1) is 18.2. The molecule has 0 saturated heterocycles. The lowest BCUT2D eigenvalue weighted by Gasteiger charge is -2.07. The van der Waals surface area contributed by atoms with Crippen LogP contribution in [-0.2, 0) is 11.2 Å². The molecule has 1 amide bonds. The number of nitrogens with zero attached hydrogens (tertiary/aromatic N) is 4. The minimum atomic E-state index is -0.143. The summed E-state index contributed by atoms with van der Waals surface area (Å²) in [4.78, 5) is 26.4. The molecule has 30 heavy (non-hydrogen) atoms. The fourth-order valence-electron chi connectivity index (χ4n) is 3.25. The number of imidazole rings is 1. The van der Waals surface area contributed by atoms with Gasteiger partial charge in [0.15, 0.2) is 0 Å². The van der Waals surface area contributed by atoms with Crippen molar-refractivity contribution in [2.75, 3.05) is 5.32 Å². The van der Waals surface area contributed by atoms with Crippen LogP contribution in [0.1, 0.15) is 5.69 Å². The van der Waals surface area contributed by atoms with Gasteiger partial charge < -0.3 is 5.32 Å². The van der Waals surface area contributed by atoms with Gasteiger partial charge in [-0.1, -0.05) is 42.5 Å². The molecule has 0 fully saturated rings. The first-order valence-electron chi connectivity index (χ1n) is 9.46. The van der Waals surface area contributed by atoms with Crippen LogP contribution in [0.5, 0.6) is 0 Å². The molecular formula is C23H17N5OS. The number of pyridine rings is 2. The third-order valence-corrected chi connectivity index (χ3v) is 5.53. The summed E-state index contributed by atoms with van der Waals surface area (Å²) in [6, 6.07) is 21.3. The molecule has 1 N–H and O–H groups in total. The summed E-state index contributed by atoms with van der Waals surface area (Å²) in [6.45, 7) is 0. The SMILES string of the molecule is O=C(Cc1csc(-c2ccccn2)n1)Nc1c(-c2ccccc2)nc2ccccn12. The molecule has 7 heteroatoms. The quantitative estimate of drug-likeness (QED) is 0.455. The van der Waals surface area contributed by atoms with E-state index in [0.717, 1.165) is 27.6 Å². The molecule has 0 saturated carbocycles. The van der Waals surface area contributed by atoms with Crippen molar-refractivity contribution in [3.05, 3.63) is 90.2 Å². The number of benzene rings is 1. The molecule has 5 aromatic rings. The molecule has 0 unspecified atom stereocenters. The lowest BCUT2D eigenvalue weighted by Crippen LogP contribution is -2.16. The first-order chi connectivity index (χ1) is 14.8. The Morgan fingerprint density at radius 2 is 1.80 bits per heavy atom. The average molecular weight is 411 g/mol. The number of rotatable bonds is 5. The molecule has 6 nitrogen and oxygen atoms in total. The normalized spacial score (nSPS) is 10.9. The predicted molar refractivity (Wildman–Crippen MR) is 118 cm³/mol. The number of amides is 1. The Bertz CT molecular complexity index is 1310. The van der Waals surface area contributed by atoms with Crippen LogP contribution in [0.2, 0.25) is 0 Å². The van der Waals surface area contributed by atoms with Crippen molar-refractivity contribution in [3.8, 4) is 22.0 Å². The van der Waals surface area contributed by atoms with Gasteiger partial charge in [-0.2, -0.15) is 0 Å². The Morgan fingerprint density at radius 1 is 0.967 bits per heavy atom. The fraction of sp³-hybridized carbons (Fsp3) is 0.0435. The zero-order chi connectivity index (χ0) is 20.3. The Labute approximate surface area is 176 Å². The van der Waals surface area contributed by atoms with Crippen LogP contribution in [0, 0.1) is 0 Å².